The Morgan fingerprint density at radius 2 is 2.17 bits per heavy atom. The van der Waals surface area contributed by atoms with Crippen LogP contribution in [0.4, 0.5) is 0 Å². The summed E-state index contributed by atoms with van der Waals surface area (Å²) >= 11 is 0. The van der Waals surface area contributed by atoms with E-state index in [2.05, 4.69) is 51.6 Å². The van der Waals surface area contributed by atoms with Crippen LogP contribution in [0.2, 0.25) is 0 Å². The molecule has 1 aromatic heterocycles. The molecule has 0 N–H and O–H groups in total. The number of rotatable bonds is 6. The lowest BCUT2D eigenvalue weighted by Crippen LogP contribution is -2.43. The molecule has 1 fully saturated rings. The van der Waals surface area contributed by atoms with Crippen molar-refractivity contribution in [2.75, 3.05) is 19.6 Å². The second-order valence-electron chi connectivity index (χ2n) is 6.21. The van der Waals surface area contributed by atoms with E-state index in [4.69, 9.17) is 0 Å². The minimum absolute atomic E-state index is 0.0732. The molecule has 1 amide bonds. The quantitative estimate of drug-likeness (QED) is 0.801. The second kappa shape index (κ2) is 7.53. The van der Waals surface area contributed by atoms with Gasteiger partial charge in [-0.2, -0.15) is 0 Å². The van der Waals surface area contributed by atoms with E-state index >= 15 is 0 Å². The van der Waals surface area contributed by atoms with Gasteiger partial charge in [-0.05, 0) is 36.3 Å². The van der Waals surface area contributed by atoms with Gasteiger partial charge in [0, 0.05) is 31.7 Å². The first-order valence-electron chi connectivity index (χ1n) is 8.48. The highest BCUT2D eigenvalue weighted by Crippen LogP contribution is 2.26. The Bertz CT molecular complexity index is 644. The normalized spacial score (nSPS) is 19.3. The Hall–Kier alpha value is -2.28. The van der Waals surface area contributed by atoms with Crippen LogP contribution >= 0.6 is 0 Å². The average molecular weight is 328 g/mol. The van der Waals surface area contributed by atoms with E-state index in [1.54, 1.807) is 0 Å². The van der Waals surface area contributed by atoms with Crippen LogP contribution in [-0.4, -0.2) is 61.6 Å². The number of benzene rings is 1. The number of carbonyl (C=O) groups is 1. The molecule has 1 aromatic carbocycles. The van der Waals surface area contributed by atoms with E-state index < -0.39 is 0 Å². The molecule has 7 heteroatoms. The summed E-state index contributed by atoms with van der Waals surface area (Å²) in [6, 6.07) is 11.1. The number of hydrogen-bond acceptors (Lipinski definition) is 5. The second-order valence-corrected chi connectivity index (χ2v) is 6.21. The van der Waals surface area contributed by atoms with Crippen LogP contribution in [0.1, 0.15) is 31.9 Å². The highest BCUT2D eigenvalue weighted by molar-refractivity contribution is 5.76. The number of tetrazole rings is 1. The van der Waals surface area contributed by atoms with Crippen molar-refractivity contribution in [3.8, 4) is 0 Å². The molecule has 2 atom stereocenters. The van der Waals surface area contributed by atoms with Crippen molar-refractivity contribution in [2.24, 2.45) is 0 Å². The fraction of sp³-hybridized carbons (Fsp3) is 0.529. The van der Waals surface area contributed by atoms with E-state index in [1.165, 1.54) is 16.6 Å². The van der Waals surface area contributed by atoms with Crippen molar-refractivity contribution in [2.45, 2.75) is 38.9 Å². The third-order valence-corrected chi connectivity index (χ3v) is 4.82. The Morgan fingerprint density at radius 3 is 2.83 bits per heavy atom. The molecule has 0 bridgehead atoms. The molecule has 2 aromatic rings. The molecular formula is C17H24N6O. The lowest BCUT2D eigenvalue weighted by atomic mass is 10.1. The van der Waals surface area contributed by atoms with Crippen molar-refractivity contribution in [1.82, 2.24) is 30.0 Å². The molecule has 1 aliphatic rings. The number of aromatic nitrogens is 4. The SMILES string of the molecule is CCN(C(=O)Cn1cnnn1)[C@H]1CCN([C@@H](C)c2ccccc2)C1. The van der Waals surface area contributed by atoms with E-state index in [-0.39, 0.29) is 18.5 Å². The molecule has 7 nitrogen and oxygen atoms in total. The first-order chi connectivity index (χ1) is 11.7. The van der Waals surface area contributed by atoms with Crippen molar-refractivity contribution < 1.29 is 4.79 Å². The molecule has 0 aliphatic carbocycles. The van der Waals surface area contributed by atoms with Gasteiger partial charge in [-0.25, -0.2) is 4.68 Å². The first-order valence-corrected chi connectivity index (χ1v) is 8.48. The molecule has 1 saturated heterocycles. The maximum atomic E-state index is 12.6. The van der Waals surface area contributed by atoms with Gasteiger partial charge in [0.15, 0.2) is 0 Å². The fourth-order valence-corrected chi connectivity index (χ4v) is 3.44. The van der Waals surface area contributed by atoms with Crippen LogP contribution in [0.15, 0.2) is 36.7 Å². The summed E-state index contributed by atoms with van der Waals surface area (Å²) in [6.45, 7) is 7.09. The van der Waals surface area contributed by atoms with Gasteiger partial charge >= 0.3 is 0 Å². The first kappa shape index (κ1) is 16.6. The van der Waals surface area contributed by atoms with Crippen LogP contribution in [0.25, 0.3) is 0 Å². The Kier molecular flexibility index (Phi) is 5.20. The van der Waals surface area contributed by atoms with E-state index in [0.29, 0.717) is 12.6 Å². The number of hydrogen-bond donors (Lipinski definition) is 0. The Labute approximate surface area is 142 Å². The lowest BCUT2D eigenvalue weighted by molar-refractivity contribution is -0.134. The molecule has 0 spiro atoms. The summed E-state index contributed by atoms with van der Waals surface area (Å²) in [5, 5.41) is 10.9. The van der Waals surface area contributed by atoms with Gasteiger partial charge in [-0.3, -0.25) is 9.69 Å². The summed E-state index contributed by atoms with van der Waals surface area (Å²) in [7, 11) is 0. The zero-order valence-electron chi connectivity index (χ0n) is 14.2. The molecule has 0 saturated carbocycles. The maximum Gasteiger partial charge on any atom is 0.244 e. The standard InChI is InChI=1S/C17H24N6O/c1-3-23(17(24)12-22-13-18-19-20-22)16-9-10-21(11-16)14(2)15-7-5-4-6-8-15/h4-8,13-14,16H,3,9-12H2,1-2H3/t14-,16-/m0/s1. The smallest absolute Gasteiger partial charge is 0.244 e. The minimum atomic E-state index is 0.0732. The largest absolute Gasteiger partial charge is 0.337 e. The topological polar surface area (TPSA) is 67.2 Å². The van der Waals surface area contributed by atoms with Crippen LogP contribution in [0, 0.1) is 0 Å². The van der Waals surface area contributed by atoms with Gasteiger partial charge < -0.3 is 4.90 Å². The van der Waals surface area contributed by atoms with Gasteiger partial charge in [0.2, 0.25) is 5.91 Å². The summed E-state index contributed by atoms with van der Waals surface area (Å²) in [5.74, 6) is 0.0732. The third-order valence-electron chi connectivity index (χ3n) is 4.82. The van der Waals surface area contributed by atoms with Crippen molar-refractivity contribution in [3.63, 3.8) is 0 Å². The molecule has 0 radical (unpaired) electrons. The molecule has 2 heterocycles. The zero-order valence-corrected chi connectivity index (χ0v) is 14.2. The molecule has 3 rings (SSSR count). The van der Waals surface area contributed by atoms with Crippen molar-refractivity contribution in [1.29, 1.82) is 0 Å². The summed E-state index contributed by atoms with van der Waals surface area (Å²) in [4.78, 5) is 17.0. The summed E-state index contributed by atoms with van der Waals surface area (Å²) < 4.78 is 1.48. The predicted octanol–water partition coefficient (Wildman–Crippen LogP) is 1.36. The van der Waals surface area contributed by atoms with E-state index in [0.717, 1.165) is 19.5 Å². The minimum Gasteiger partial charge on any atom is -0.337 e. The van der Waals surface area contributed by atoms with Crippen molar-refractivity contribution >= 4 is 5.91 Å². The van der Waals surface area contributed by atoms with E-state index in [9.17, 15) is 4.79 Å². The molecular weight excluding hydrogens is 304 g/mol. The third kappa shape index (κ3) is 3.62. The maximum absolute atomic E-state index is 12.6. The van der Waals surface area contributed by atoms with Crippen LogP contribution in [0.3, 0.4) is 0 Å². The molecule has 24 heavy (non-hydrogen) atoms. The van der Waals surface area contributed by atoms with Crippen LogP contribution in [0.5, 0.6) is 0 Å². The van der Waals surface area contributed by atoms with Gasteiger partial charge in [0.1, 0.15) is 12.9 Å². The molecule has 128 valence electrons. The summed E-state index contributed by atoms with van der Waals surface area (Å²) in [5.41, 5.74) is 1.32. The van der Waals surface area contributed by atoms with Crippen LogP contribution in [-0.2, 0) is 11.3 Å². The fourth-order valence-electron chi connectivity index (χ4n) is 3.44. The van der Waals surface area contributed by atoms with Gasteiger partial charge in [0.05, 0.1) is 0 Å². The van der Waals surface area contributed by atoms with Crippen molar-refractivity contribution in [3.05, 3.63) is 42.2 Å². The van der Waals surface area contributed by atoms with Gasteiger partial charge in [-0.1, -0.05) is 30.3 Å². The number of likely N-dealkylation sites (N-methyl/N-ethyl adjacent to an activating group) is 1. The molecule has 1 aliphatic heterocycles. The predicted molar refractivity (Wildman–Crippen MR) is 90.0 cm³/mol. The molecule has 0 unspecified atom stereocenters. The van der Waals surface area contributed by atoms with Gasteiger partial charge in [-0.15, -0.1) is 5.10 Å². The van der Waals surface area contributed by atoms with E-state index in [1.807, 2.05) is 17.9 Å². The van der Waals surface area contributed by atoms with Crippen LogP contribution < -0.4 is 0 Å². The summed E-state index contributed by atoms with van der Waals surface area (Å²) in [6.07, 6.45) is 2.48. The van der Waals surface area contributed by atoms with Gasteiger partial charge in [0.25, 0.3) is 0 Å². The lowest BCUT2D eigenvalue weighted by Gasteiger charge is -2.29. The average Bonchev–Trinajstić information content (AvgIpc) is 3.28. The number of carbonyl (C=O) groups excluding carboxylic acids is 1. The Morgan fingerprint density at radius 1 is 1.38 bits per heavy atom. The Balaban J connectivity index is 1.61. The number of amides is 1. The number of nitrogens with zero attached hydrogens (tertiary/aromatic N) is 6. The monoisotopic (exact) mass is 328 g/mol. The highest BCUT2D eigenvalue weighted by atomic mass is 16.2. The number of likely N-dealkylation sites (tertiary alicyclic amines) is 1. The zero-order chi connectivity index (χ0) is 16.9. The highest BCUT2D eigenvalue weighted by Gasteiger charge is 2.32.